The largest absolute Gasteiger partial charge is 0.355 e. The van der Waals surface area contributed by atoms with Crippen LogP contribution in [-0.2, 0) is 4.79 Å². The van der Waals surface area contributed by atoms with Gasteiger partial charge in [-0.15, -0.1) is 0 Å². The van der Waals surface area contributed by atoms with Crippen LogP contribution in [0.1, 0.15) is 47.2 Å². The summed E-state index contributed by atoms with van der Waals surface area (Å²) in [5.74, 6) is 1.53. The van der Waals surface area contributed by atoms with Crippen molar-refractivity contribution in [3.63, 3.8) is 0 Å². The van der Waals surface area contributed by atoms with E-state index in [0.717, 1.165) is 36.1 Å². The molecule has 33 heavy (non-hydrogen) atoms. The van der Waals surface area contributed by atoms with E-state index in [9.17, 15) is 9.59 Å². The molecule has 3 heterocycles. The van der Waals surface area contributed by atoms with Gasteiger partial charge in [0.2, 0.25) is 11.9 Å². The summed E-state index contributed by atoms with van der Waals surface area (Å²) in [7, 11) is 0. The van der Waals surface area contributed by atoms with Crippen molar-refractivity contribution in [1.29, 1.82) is 0 Å². The number of aryl methyl sites for hydroxylation is 2. The van der Waals surface area contributed by atoms with E-state index in [1.54, 1.807) is 18.5 Å². The van der Waals surface area contributed by atoms with Gasteiger partial charge in [0.05, 0.1) is 5.41 Å². The van der Waals surface area contributed by atoms with E-state index < -0.39 is 5.41 Å². The van der Waals surface area contributed by atoms with Gasteiger partial charge in [-0.2, -0.15) is 0 Å². The van der Waals surface area contributed by atoms with Gasteiger partial charge >= 0.3 is 0 Å². The first-order valence-electron chi connectivity index (χ1n) is 12.1. The van der Waals surface area contributed by atoms with Crippen LogP contribution in [-0.4, -0.2) is 59.4 Å². The van der Waals surface area contributed by atoms with Gasteiger partial charge in [0.25, 0.3) is 5.91 Å². The molecule has 2 saturated heterocycles. The predicted molar refractivity (Wildman–Crippen MR) is 127 cm³/mol. The molecule has 1 aromatic heterocycles. The number of carbonyl (C=O) groups excluding carboxylic acids is 2. The second-order valence-corrected chi connectivity index (χ2v) is 10.2. The van der Waals surface area contributed by atoms with Crippen molar-refractivity contribution in [2.45, 2.75) is 39.5 Å². The molecule has 7 heteroatoms. The first-order valence-corrected chi connectivity index (χ1v) is 12.1. The van der Waals surface area contributed by atoms with E-state index in [1.165, 1.54) is 12.8 Å². The Hall–Kier alpha value is -2.96. The number of hydrogen-bond donors (Lipinski definition) is 1. The second kappa shape index (κ2) is 8.76. The maximum Gasteiger partial charge on any atom is 0.253 e. The number of fused-ring (bicyclic) bond motifs is 1. The molecule has 2 aromatic rings. The SMILES string of the molecule is Cc1cc(C)cc(C(=O)N2CCC[C@@]3(C(=O)NCC4CC4)CN(c4ncccn4)C[C@H]3C2)c1. The lowest BCUT2D eigenvalue weighted by Crippen LogP contribution is -2.48. The first kappa shape index (κ1) is 21.9. The van der Waals surface area contributed by atoms with Crippen LogP contribution < -0.4 is 10.2 Å². The molecule has 0 bridgehead atoms. The summed E-state index contributed by atoms with van der Waals surface area (Å²) in [6, 6.07) is 7.83. The summed E-state index contributed by atoms with van der Waals surface area (Å²) in [6.45, 7) is 7.35. The predicted octanol–water partition coefficient (Wildman–Crippen LogP) is 2.98. The fourth-order valence-corrected chi connectivity index (χ4v) is 5.61. The highest BCUT2D eigenvalue weighted by atomic mass is 16.2. The maximum atomic E-state index is 13.6. The molecule has 1 aromatic carbocycles. The Kier molecular flexibility index (Phi) is 5.81. The third-order valence-corrected chi connectivity index (χ3v) is 7.48. The number of amides is 2. The average molecular weight is 448 g/mol. The van der Waals surface area contributed by atoms with E-state index >= 15 is 0 Å². The first-order chi connectivity index (χ1) is 15.9. The molecular formula is C26H33N5O2. The number of nitrogens with one attached hydrogen (secondary N) is 1. The molecule has 3 aliphatic rings. The maximum absolute atomic E-state index is 13.6. The number of likely N-dealkylation sites (tertiary alicyclic amines) is 1. The highest BCUT2D eigenvalue weighted by Crippen LogP contribution is 2.44. The van der Waals surface area contributed by atoms with E-state index in [1.807, 2.05) is 30.9 Å². The zero-order valence-corrected chi connectivity index (χ0v) is 19.6. The normalized spacial score (nSPS) is 24.8. The standard InChI is InChI=1S/C26H33N5O2/c1-18-11-19(2)13-21(12-18)23(32)30-10-3-7-26(24(33)29-14-20-5-6-20)17-31(16-22(26)15-30)25-27-8-4-9-28-25/h4,8-9,11-13,20,22H,3,5-7,10,14-17H2,1-2H3,(H,29,33)/t22-,26-/m1/s1. The molecular weight excluding hydrogens is 414 g/mol. The average Bonchev–Trinajstić information content (AvgIpc) is 3.59. The lowest BCUT2D eigenvalue weighted by atomic mass is 9.74. The zero-order valence-electron chi connectivity index (χ0n) is 19.6. The topological polar surface area (TPSA) is 78.4 Å². The Balaban J connectivity index is 1.41. The van der Waals surface area contributed by atoms with Crippen LogP contribution >= 0.6 is 0 Å². The molecule has 2 atom stereocenters. The minimum atomic E-state index is -0.522. The number of nitrogens with zero attached hydrogens (tertiary/aromatic N) is 4. The quantitative estimate of drug-likeness (QED) is 0.762. The van der Waals surface area contributed by atoms with Gasteiger partial charge in [-0.3, -0.25) is 9.59 Å². The number of hydrogen-bond acceptors (Lipinski definition) is 5. The molecule has 3 fully saturated rings. The molecule has 1 aliphatic carbocycles. The Morgan fingerprint density at radius 2 is 1.82 bits per heavy atom. The van der Waals surface area contributed by atoms with Crippen LogP contribution in [0.3, 0.4) is 0 Å². The summed E-state index contributed by atoms with van der Waals surface area (Å²) in [4.78, 5) is 40.1. The monoisotopic (exact) mass is 447 g/mol. The number of carbonyl (C=O) groups is 2. The zero-order chi connectivity index (χ0) is 23.0. The Morgan fingerprint density at radius 3 is 2.52 bits per heavy atom. The summed E-state index contributed by atoms with van der Waals surface area (Å²) >= 11 is 0. The van der Waals surface area contributed by atoms with Crippen molar-refractivity contribution < 1.29 is 9.59 Å². The summed E-state index contributed by atoms with van der Waals surface area (Å²) in [5, 5.41) is 3.26. The van der Waals surface area contributed by atoms with E-state index in [2.05, 4.69) is 26.3 Å². The molecule has 2 amide bonds. The lowest BCUT2D eigenvalue weighted by molar-refractivity contribution is -0.132. The minimum Gasteiger partial charge on any atom is -0.355 e. The molecule has 1 saturated carbocycles. The fourth-order valence-electron chi connectivity index (χ4n) is 5.61. The Morgan fingerprint density at radius 1 is 1.09 bits per heavy atom. The number of aromatic nitrogens is 2. The van der Waals surface area contributed by atoms with E-state index in [0.29, 0.717) is 38.0 Å². The lowest BCUT2D eigenvalue weighted by Gasteiger charge is -2.32. The van der Waals surface area contributed by atoms with Gasteiger partial charge in [-0.25, -0.2) is 9.97 Å². The molecule has 0 spiro atoms. The van der Waals surface area contributed by atoms with Crippen molar-refractivity contribution in [3.05, 3.63) is 53.3 Å². The van der Waals surface area contributed by atoms with Gasteiger partial charge in [0.1, 0.15) is 0 Å². The van der Waals surface area contributed by atoms with Crippen LogP contribution in [0, 0.1) is 31.1 Å². The molecule has 2 aliphatic heterocycles. The molecule has 5 rings (SSSR count). The van der Waals surface area contributed by atoms with Crippen molar-refractivity contribution in [2.24, 2.45) is 17.3 Å². The van der Waals surface area contributed by atoms with Crippen molar-refractivity contribution >= 4 is 17.8 Å². The molecule has 1 N–H and O–H groups in total. The van der Waals surface area contributed by atoms with Crippen LogP contribution in [0.5, 0.6) is 0 Å². The third kappa shape index (κ3) is 4.45. The Bertz CT molecular complexity index is 1020. The highest BCUT2D eigenvalue weighted by Gasteiger charge is 2.54. The smallest absolute Gasteiger partial charge is 0.253 e. The van der Waals surface area contributed by atoms with Crippen LogP contribution in [0.25, 0.3) is 0 Å². The summed E-state index contributed by atoms with van der Waals surface area (Å²) in [6.07, 6.45) is 7.48. The van der Waals surface area contributed by atoms with Gasteiger partial charge in [-0.1, -0.05) is 17.2 Å². The van der Waals surface area contributed by atoms with E-state index in [-0.39, 0.29) is 17.7 Å². The summed E-state index contributed by atoms with van der Waals surface area (Å²) < 4.78 is 0. The minimum absolute atomic E-state index is 0.0397. The van der Waals surface area contributed by atoms with Gasteiger partial charge < -0.3 is 15.1 Å². The molecule has 7 nitrogen and oxygen atoms in total. The van der Waals surface area contributed by atoms with E-state index in [4.69, 9.17) is 0 Å². The molecule has 0 radical (unpaired) electrons. The molecule has 0 unspecified atom stereocenters. The number of benzene rings is 1. The van der Waals surface area contributed by atoms with Crippen LogP contribution in [0.2, 0.25) is 0 Å². The van der Waals surface area contributed by atoms with Crippen LogP contribution in [0.4, 0.5) is 5.95 Å². The van der Waals surface area contributed by atoms with Crippen molar-refractivity contribution in [1.82, 2.24) is 20.2 Å². The highest BCUT2D eigenvalue weighted by molar-refractivity contribution is 5.95. The fraction of sp³-hybridized carbons (Fsp3) is 0.538. The number of rotatable bonds is 5. The van der Waals surface area contributed by atoms with Gasteiger partial charge in [-0.05, 0) is 63.6 Å². The van der Waals surface area contributed by atoms with Gasteiger partial charge in [0, 0.05) is 56.6 Å². The van der Waals surface area contributed by atoms with Gasteiger partial charge in [0.15, 0.2) is 0 Å². The Labute approximate surface area is 195 Å². The second-order valence-electron chi connectivity index (χ2n) is 10.2. The van der Waals surface area contributed by atoms with Crippen molar-refractivity contribution in [3.8, 4) is 0 Å². The summed E-state index contributed by atoms with van der Waals surface area (Å²) in [5.41, 5.74) is 2.40. The van der Waals surface area contributed by atoms with Crippen molar-refractivity contribution in [2.75, 3.05) is 37.6 Å². The number of anilines is 1. The van der Waals surface area contributed by atoms with Crippen LogP contribution in [0.15, 0.2) is 36.7 Å². The molecule has 174 valence electrons. The third-order valence-electron chi connectivity index (χ3n) is 7.48.